The third kappa shape index (κ3) is 4.64. The number of pyridine rings is 1. The molecule has 0 aliphatic carbocycles. The molecule has 0 radical (unpaired) electrons. The summed E-state index contributed by atoms with van der Waals surface area (Å²) in [5.41, 5.74) is 3.78. The van der Waals surface area contributed by atoms with Crippen LogP contribution in [0.3, 0.4) is 0 Å². The highest BCUT2D eigenvalue weighted by Gasteiger charge is 2.22. The second kappa shape index (κ2) is 7.92. The molecule has 2 aromatic heterocycles. The maximum absolute atomic E-state index is 8.49. The van der Waals surface area contributed by atoms with Gasteiger partial charge in [0.2, 0.25) is 5.69 Å². The van der Waals surface area contributed by atoms with E-state index in [4.69, 9.17) is 18.6 Å². The van der Waals surface area contributed by atoms with Gasteiger partial charge in [-0.05, 0) is 23.8 Å². The number of benzene rings is 2. The molecular formula is C19H14ClNO4S. The number of halogens is 1. The highest BCUT2D eigenvalue weighted by molar-refractivity contribution is 7.20. The zero-order valence-electron chi connectivity index (χ0n) is 13.4. The third-order valence-corrected chi connectivity index (χ3v) is 4.74. The normalized spacial score (nSPS) is 11.1. The number of aromatic nitrogens is 1. The van der Waals surface area contributed by atoms with Gasteiger partial charge >= 0.3 is 0 Å². The van der Waals surface area contributed by atoms with Crippen LogP contribution in [0.5, 0.6) is 0 Å². The Morgan fingerprint density at radius 1 is 0.654 bits per heavy atom. The van der Waals surface area contributed by atoms with Gasteiger partial charge in [0.15, 0.2) is 6.20 Å². The number of hydrogen-bond donors (Lipinski definition) is 0. The zero-order valence-corrected chi connectivity index (χ0v) is 15.0. The van der Waals surface area contributed by atoms with Gasteiger partial charge in [-0.2, -0.15) is 0 Å². The number of fused-ring (bicyclic) bond motifs is 1. The van der Waals surface area contributed by atoms with E-state index in [0.717, 1.165) is 0 Å². The summed E-state index contributed by atoms with van der Waals surface area (Å²) < 4.78 is 36.3. The summed E-state index contributed by atoms with van der Waals surface area (Å²) >= 11 is 1.83. The van der Waals surface area contributed by atoms with E-state index >= 15 is 0 Å². The second-order valence-electron chi connectivity index (χ2n) is 5.30. The smallest absolute Gasteiger partial charge is 0.222 e. The van der Waals surface area contributed by atoms with Crippen molar-refractivity contribution >= 4 is 16.2 Å². The van der Waals surface area contributed by atoms with E-state index in [1.54, 1.807) is 0 Å². The van der Waals surface area contributed by atoms with Crippen LogP contribution in [-0.4, -0.2) is 0 Å². The van der Waals surface area contributed by atoms with Crippen LogP contribution < -0.4 is 23.0 Å². The topological polar surface area (TPSA) is 96.3 Å². The first-order valence-corrected chi connectivity index (χ1v) is 9.64. The van der Waals surface area contributed by atoms with Crippen molar-refractivity contribution in [2.45, 2.75) is 0 Å². The van der Waals surface area contributed by atoms with Crippen molar-refractivity contribution in [1.29, 1.82) is 0 Å². The number of rotatable bonds is 2. The fourth-order valence-corrected chi connectivity index (χ4v) is 3.78. The molecule has 0 unspecified atom stereocenters. The van der Waals surface area contributed by atoms with Gasteiger partial charge in [-0.25, -0.2) is 18.6 Å². The van der Waals surface area contributed by atoms with E-state index in [0.29, 0.717) is 0 Å². The van der Waals surface area contributed by atoms with Crippen molar-refractivity contribution in [3.05, 3.63) is 85.1 Å². The molecule has 0 atom stereocenters. The lowest BCUT2D eigenvalue weighted by atomic mass is 10.1. The van der Waals surface area contributed by atoms with Gasteiger partial charge in [-0.15, -0.1) is 14.6 Å². The summed E-state index contributed by atoms with van der Waals surface area (Å²) in [6.45, 7) is 0. The maximum atomic E-state index is 8.49. The Labute approximate surface area is 156 Å². The summed E-state index contributed by atoms with van der Waals surface area (Å²) in [7, 11) is -4.94. The van der Waals surface area contributed by atoms with E-state index < -0.39 is 10.2 Å². The van der Waals surface area contributed by atoms with Gasteiger partial charge in [0.25, 0.3) is 4.83 Å². The largest absolute Gasteiger partial charge is 0.268 e. The minimum Gasteiger partial charge on any atom is -0.222 e. The quantitative estimate of drug-likeness (QED) is 0.454. The molecule has 0 amide bonds. The van der Waals surface area contributed by atoms with Crippen LogP contribution in [0.15, 0.2) is 85.1 Å². The zero-order chi connectivity index (χ0) is 18.6. The van der Waals surface area contributed by atoms with Crippen LogP contribution >= 0.6 is 11.3 Å². The Hall–Kier alpha value is -2.32. The average molecular weight is 388 g/mol. The third-order valence-electron chi connectivity index (χ3n) is 3.57. The summed E-state index contributed by atoms with van der Waals surface area (Å²) in [5.74, 6) is 0. The summed E-state index contributed by atoms with van der Waals surface area (Å²) in [5, 5.41) is 0. The standard InChI is InChI=1S/C19H14NS.ClHO4/c1-3-9-15(10-4-1)18-19(16-11-5-2-6-12-16)21-17-13-7-8-14-20(17)18;2-1(3,4)5/h1-14H;(H,2,3,4,5)/q+1;/p-1. The molecule has 2 aromatic carbocycles. The molecule has 132 valence electrons. The molecule has 0 spiro atoms. The Morgan fingerprint density at radius 3 is 1.73 bits per heavy atom. The van der Waals surface area contributed by atoms with Crippen LogP contribution in [0, 0.1) is 10.2 Å². The van der Waals surface area contributed by atoms with Gasteiger partial charge in [0, 0.05) is 17.7 Å². The molecule has 2 heterocycles. The van der Waals surface area contributed by atoms with E-state index in [1.807, 2.05) is 11.3 Å². The molecule has 26 heavy (non-hydrogen) atoms. The summed E-state index contributed by atoms with van der Waals surface area (Å²) in [6.07, 6.45) is 2.14. The van der Waals surface area contributed by atoms with Crippen LogP contribution in [0.1, 0.15) is 0 Å². The number of hydrogen-bond acceptors (Lipinski definition) is 5. The molecule has 7 heteroatoms. The van der Waals surface area contributed by atoms with Gasteiger partial charge in [-0.3, -0.25) is 0 Å². The maximum Gasteiger partial charge on any atom is 0.268 e. The summed E-state index contributed by atoms with van der Waals surface area (Å²) in [6, 6.07) is 27.6. The fraction of sp³-hybridized carbons (Fsp3) is 0. The first-order chi connectivity index (χ1) is 12.4. The molecule has 0 saturated carbocycles. The highest BCUT2D eigenvalue weighted by atomic mass is 35.7. The van der Waals surface area contributed by atoms with Gasteiger partial charge < -0.3 is 0 Å². The molecule has 4 rings (SSSR count). The predicted octanol–water partition coefficient (Wildman–Crippen LogP) is 0.0648. The van der Waals surface area contributed by atoms with Gasteiger partial charge in [0.05, 0.1) is 0 Å². The van der Waals surface area contributed by atoms with Crippen molar-refractivity contribution in [2.75, 3.05) is 0 Å². The lowest BCUT2D eigenvalue weighted by Crippen LogP contribution is -2.68. The lowest BCUT2D eigenvalue weighted by Gasteiger charge is -2.17. The SMILES string of the molecule is [O-][Cl+3]([O-])([O-])[O-].c1ccc(-c2sc3cccc[n+]3c2-c2ccccc2)cc1. The molecule has 5 nitrogen and oxygen atoms in total. The van der Waals surface area contributed by atoms with Crippen molar-refractivity contribution < 1.29 is 33.3 Å². The van der Waals surface area contributed by atoms with E-state index in [-0.39, 0.29) is 0 Å². The van der Waals surface area contributed by atoms with Crippen LogP contribution in [0.4, 0.5) is 0 Å². The molecular weight excluding hydrogens is 374 g/mol. The van der Waals surface area contributed by atoms with Crippen molar-refractivity contribution in [1.82, 2.24) is 0 Å². The number of nitrogens with zero attached hydrogens (tertiary/aromatic N) is 1. The monoisotopic (exact) mass is 387 g/mol. The molecule has 0 saturated heterocycles. The minimum absolute atomic E-state index is 1.25. The van der Waals surface area contributed by atoms with E-state index in [1.165, 1.54) is 26.5 Å². The summed E-state index contributed by atoms with van der Waals surface area (Å²) in [4.78, 5) is 2.57. The molecule has 0 fully saturated rings. The van der Waals surface area contributed by atoms with Gasteiger partial charge in [0.1, 0.15) is 4.88 Å². The minimum atomic E-state index is -4.94. The lowest BCUT2D eigenvalue weighted by molar-refractivity contribution is -2.00. The average Bonchev–Trinajstić information content (AvgIpc) is 3.01. The van der Waals surface area contributed by atoms with Crippen LogP contribution in [-0.2, 0) is 0 Å². The number of thiazole rings is 1. The Morgan fingerprint density at radius 2 is 1.15 bits per heavy atom. The molecule has 0 N–H and O–H groups in total. The Balaban J connectivity index is 0.000000349. The van der Waals surface area contributed by atoms with Crippen LogP contribution in [0.25, 0.3) is 26.5 Å². The molecule has 4 aromatic rings. The fourth-order valence-electron chi connectivity index (χ4n) is 2.61. The first kappa shape index (κ1) is 18.5. The van der Waals surface area contributed by atoms with Gasteiger partial charge in [-0.1, -0.05) is 59.9 Å². The Bertz CT molecular complexity index is 979. The second-order valence-corrected chi connectivity index (χ2v) is 7.09. The highest BCUT2D eigenvalue weighted by Crippen LogP contribution is 2.35. The predicted molar refractivity (Wildman–Crippen MR) is 88.4 cm³/mol. The molecule has 0 bridgehead atoms. The van der Waals surface area contributed by atoms with E-state index in [2.05, 4.69) is 89.5 Å². The van der Waals surface area contributed by atoms with Crippen molar-refractivity contribution in [3.8, 4) is 21.7 Å². The molecule has 0 aliphatic heterocycles. The first-order valence-electron chi connectivity index (χ1n) is 7.59. The van der Waals surface area contributed by atoms with E-state index in [9.17, 15) is 0 Å². The van der Waals surface area contributed by atoms with Crippen molar-refractivity contribution in [3.63, 3.8) is 0 Å². The molecule has 0 aliphatic rings. The van der Waals surface area contributed by atoms with Crippen molar-refractivity contribution in [2.24, 2.45) is 0 Å². The Kier molecular flexibility index (Phi) is 5.63. The van der Waals surface area contributed by atoms with Crippen LogP contribution in [0.2, 0.25) is 0 Å².